The third kappa shape index (κ3) is 1.91. The summed E-state index contributed by atoms with van der Waals surface area (Å²) in [6.45, 7) is 3.66. The molecule has 0 fully saturated rings. The quantitative estimate of drug-likeness (QED) is 0.723. The third-order valence-corrected chi connectivity index (χ3v) is 3.32. The van der Waals surface area contributed by atoms with Crippen molar-refractivity contribution in [2.45, 2.75) is 13.8 Å². The molecule has 0 aliphatic heterocycles. The fourth-order valence-corrected chi connectivity index (χ4v) is 2.27. The highest BCUT2D eigenvalue weighted by Gasteiger charge is 2.16. The van der Waals surface area contributed by atoms with E-state index >= 15 is 0 Å². The molecular formula is C13H11FOS. The van der Waals surface area contributed by atoms with Crippen LogP contribution in [-0.2, 0) is 0 Å². The van der Waals surface area contributed by atoms with Gasteiger partial charge in [-0.15, -0.1) is 11.3 Å². The molecule has 0 aliphatic carbocycles. The summed E-state index contributed by atoms with van der Waals surface area (Å²) in [6, 6.07) is 6.42. The van der Waals surface area contributed by atoms with Crippen LogP contribution in [0.2, 0.25) is 0 Å². The molecule has 0 saturated carbocycles. The van der Waals surface area contributed by atoms with Crippen molar-refractivity contribution in [2.75, 3.05) is 0 Å². The van der Waals surface area contributed by atoms with E-state index in [-0.39, 0.29) is 11.3 Å². The molecule has 2 rings (SSSR count). The molecule has 0 radical (unpaired) electrons. The van der Waals surface area contributed by atoms with Crippen LogP contribution in [0.4, 0.5) is 4.39 Å². The molecule has 82 valence electrons. The van der Waals surface area contributed by atoms with E-state index in [1.54, 1.807) is 25.1 Å². The summed E-state index contributed by atoms with van der Waals surface area (Å²) in [7, 11) is 0. The van der Waals surface area contributed by atoms with Crippen LogP contribution in [0, 0.1) is 19.7 Å². The first-order valence-corrected chi connectivity index (χ1v) is 5.82. The maximum absolute atomic E-state index is 13.6. The average molecular weight is 234 g/mol. The Kier molecular flexibility index (Phi) is 2.88. The second kappa shape index (κ2) is 4.18. The lowest BCUT2D eigenvalue weighted by Gasteiger charge is -2.03. The van der Waals surface area contributed by atoms with Gasteiger partial charge in [0.05, 0.1) is 5.56 Å². The van der Waals surface area contributed by atoms with Gasteiger partial charge >= 0.3 is 0 Å². The Morgan fingerprint density at radius 2 is 1.94 bits per heavy atom. The lowest BCUT2D eigenvalue weighted by atomic mass is 10.0. The van der Waals surface area contributed by atoms with Crippen molar-refractivity contribution in [1.82, 2.24) is 0 Å². The summed E-state index contributed by atoms with van der Waals surface area (Å²) in [6.07, 6.45) is 0. The Bertz CT molecular complexity index is 543. The second-order valence-electron chi connectivity index (χ2n) is 3.70. The van der Waals surface area contributed by atoms with Gasteiger partial charge in [-0.3, -0.25) is 4.79 Å². The standard InChI is InChI=1S/C13H11FOS/c1-8-3-4-11(12(14)7-8)13(15)10-5-6-16-9(10)2/h3-7H,1-2H3. The van der Waals surface area contributed by atoms with Gasteiger partial charge in [-0.25, -0.2) is 4.39 Å². The number of aryl methyl sites for hydroxylation is 2. The summed E-state index contributed by atoms with van der Waals surface area (Å²) in [4.78, 5) is 12.9. The molecule has 0 N–H and O–H groups in total. The van der Waals surface area contributed by atoms with Gasteiger partial charge < -0.3 is 0 Å². The molecule has 0 saturated heterocycles. The molecule has 0 unspecified atom stereocenters. The van der Waals surface area contributed by atoms with E-state index in [2.05, 4.69) is 0 Å². The van der Waals surface area contributed by atoms with Crippen molar-refractivity contribution in [3.63, 3.8) is 0 Å². The van der Waals surface area contributed by atoms with E-state index in [1.807, 2.05) is 12.3 Å². The lowest BCUT2D eigenvalue weighted by Crippen LogP contribution is -2.04. The van der Waals surface area contributed by atoms with Crippen LogP contribution in [0.25, 0.3) is 0 Å². The van der Waals surface area contributed by atoms with Crippen LogP contribution in [-0.4, -0.2) is 5.78 Å². The minimum Gasteiger partial charge on any atom is -0.288 e. The highest BCUT2D eigenvalue weighted by molar-refractivity contribution is 7.10. The number of hydrogen-bond donors (Lipinski definition) is 0. The Morgan fingerprint density at radius 1 is 1.19 bits per heavy atom. The summed E-state index contributed by atoms with van der Waals surface area (Å²) in [5.74, 6) is -0.688. The molecule has 0 aliphatic rings. The van der Waals surface area contributed by atoms with Crippen LogP contribution >= 0.6 is 11.3 Å². The topological polar surface area (TPSA) is 17.1 Å². The SMILES string of the molecule is Cc1ccc(C(=O)c2ccsc2C)c(F)c1. The van der Waals surface area contributed by atoms with Gasteiger partial charge in [-0.2, -0.15) is 0 Å². The Balaban J connectivity index is 2.46. The summed E-state index contributed by atoms with van der Waals surface area (Å²) < 4.78 is 13.6. The van der Waals surface area contributed by atoms with Crippen molar-refractivity contribution < 1.29 is 9.18 Å². The molecular weight excluding hydrogens is 223 g/mol. The van der Waals surface area contributed by atoms with Gasteiger partial charge in [-0.1, -0.05) is 6.07 Å². The average Bonchev–Trinajstić information content (AvgIpc) is 2.63. The third-order valence-electron chi connectivity index (χ3n) is 2.47. The molecule has 16 heavy (non-hydrogen) atoms. The van der Waals surface area contributed by atoms with Crippen molar-refractivity contribution in [3.8, 4) is 0 Å². The maximum Gasteiger partial charge on any atom is 0.197 e. The van der Waals surface area contributed by atoms with E-state index in [0.717, 1.165) is 10.4 Å². The van der Waals surface area contributed by atoms with E-state index < -0.39 is 5.82 Å². The van der Waals surface area contributed by atoms with Gasteiger partial charge in [0.1, 0.15) is 5.82 Å². The zero-order valence-corrected chi connectivity index (χ0v) is 9.90. The summed E-state index contributed by atoms with van der Waals surface area (Å²) >= 11 is 1.49. The predicted octanol–water partition coefficient (Wildman–Crippen LogP) is 3.74. The minimum absolute atomic E-state index is 0.145. The fourth-order valence-electron chi connectivity index (χ4n) is 1.57. The molecule has 0 spiro atoms. The van der Waals surface area contributed by atoms with E-state index in [9.17, 15) is 9.18 Å². The van der Waals surface area contributed by atoms with Gasteiger partial charge in [0.2, 0.25) is 0 Å². The van der Waals surface area contributed by atoms with Gasteiger partial charge in [0.15, 0.2) is 5.78 Å². The zero-order valence-electron chi connectivity index (χ0n) is 9.08. The molecule has 3 heteroatoms. The van der Waals surface area contributed by atoms with Crippen LogP contribution in [0.3, 0.4) is 0 Å². The number of hydrogen-bond acceptors (Lipinski definition) is 2. The molecule has 1 aromatic heterocycles. The Morgan fingerprint density at radius 3 is 2.50 bits per heavy atom. The Labute approximate surface area is 97.6 Å². The molecule has 2 aromatic rings. The first kappa shape index (κ1) is 11.0. The monoisotopic (exact) mass is 234 g/mol. The van der Waals surface area contributed by atoms with Gasteiger partial charge in [0, 0.05) is 10.4 Å². The van der Waals surface area contributed by atoms with Crippen molar-refractivity contribution in [1.29, 1.82) is 0 Å². The van der Waals surface area contributed by atoms with Crippen molar-refractivity contribution in [3.05, 3.63) is 57.0 Å². The van der Waals surface area contributed by atoms with Gasteiger partial charge in [0.25, 0.3) is 0 Å². The van der Waals surface area contributed by atoms with Crippen LogP contribution in [0.1, 0.15) is 26.4 Å². The normalized spacial score (nSPS) is 10.4. The maximum atomic E-state index is 13.6. The van der Waals surface area contributed by atoms with E-state index in [1.165, 1.54) is 17.4 Å². The molecule has 0 atom stereocenters. The molecule has 1 nitrogen and oxygen atoms in total. The fraction of sp³-hybridized carbons (Fsp3) is 0.154. The zero-order chi connectivity index (χ0) is 11.7. The number of carbonyl (C=O) groups is 1. The second-order valence-corrected chi connectivity index (χ2v) is 4.82. The number of halogens is 1. The highest BCUT2D eigenvalue weighted by atomic mass is 32.1. The first-order chi connectivity index (χ1) is 7.59. The summed E-state index contributed by atoms with van der Waals surface area (Å²) in [5, 5.41) is 1.84. The minimum atomic E-state index is -0.449. The smallest absolute Gasteiger partial charge is 0.197 e. The van der Waals surface area contributed by atoms with Crippen molar-refractivity contribution >= 4 is 17.1 Å². The molecule has 1 aromatic carbocycles. The number of rotatable bonds is 2. The molecule has 0 bridgehead atoms. The lowest BCUT2D eigenvalue weighted by molar-refractivity contribution is 0.103. The predicted molar refractivity (Wildman–Crippen MR) is 63.6 cm³/mol. The molecule has 0 amide bonds. The first-order valence-electron chi connectivity index (χ1n) is 4.94. The van der Waals surface area contributed by atoms with E-state index in [4.69, 9.17) is 0 Å². The number of benzene rings is 1. The number of carbonyl (C=O) groups excluding carboxylic acids is 1. The van der Waals surface area contributed by atoms with Crippen LogP contribution < -0.4 is 0 Å². The van der Waals surface area contributed by atoms with Crippen molar-refractivity contribution in [2.24, 2.45) is 0 Å². The Hall–Kier alpha value is -1.48. The number of thiophene rings is 1. The molecule has 1 heterocycles. The highest BCUT2D eigenvalue weighted by Crippen LogP contribution is 2.21. The number of ketones is 1. The van der Waals surface area contributed by atoms with E-state index in [0.29, 0.717) is 5.56 Å². The van der Waals surface area contributed by atoms with Gasteiger partial charge in [-0.05, 0) is 43.0 Å². The van der Waals surface area contributed by atoms with Crippen LogP contribution in [0.15, 0.2) is 29.6 Å². The van der Waals surface area contributed by atoms with Crippen LogP contribution in [0.5, 0.6) is 0 Å². The summed E-state index contributed by atoms with van der Waals surface area (Å²) in [5.41, 5.74) is 1.55. The largest absolute Gasteiger partial charge is 0.288 e.